The molecule has 0 saturated carbocycles. The number of methoxy groups -OCH3 is 1. The van der Waals surface area contributed by atoms with Crippen LogP contribution in [-0.2, 0) is 29.5 Å². The molecule has 1 heterocycles. The number of aromatic nitrogens is 2. The first-order chi connectivity index (χ1) is 8.10. The minimum atomic E-state index is -0.220. The molecule has 1 N–H and O–H groups in total. The largest absolute Gasteiger partial charge is 0.469 e. The van der Waals surface area contributed by atoms with Crippen LogP contribution in [0.1, 0.15) is 24.7 Å². The second-order valence-electron chi connectivity index (χ2n) is 3.69. The molecule has 1 rings (SSSR count). The molecule has 0 radical (unpaired) electrons. The second-order valence-corrected chi connectivity index (χ2v) is 4.07. The minimum Gasteiger partial charge on any atom is -0.469 e. The van der Waals surface area contributed by atoms with Crippen molar-refractivity contribution in [1.29, 1.82) is 0 Å². The van der Waals surface area contributed by atoms with Gasteiger partial charge in [-0.2, -0.15) is 5.10 Å². The van der Waals surface area contributed by atoms with E-state index in [9.17, 15) is 4.79 Å². The summed E-state index contributed by atoms with van der Waals surface area (Å²) in [4.78, 5) is 10.9. The summed E-state index contributed by atoms with van der Waals surface area (Å²) in [6.45, 7) is 3.18. The molecule has 0 aliphatic carbocycles. The molecule has 5 nitrogen and oxygen atoms in total. The number of carbonyl (C=O) groups excluding carboxylic acids is 1. The topological polar surface area (TPSA) is 56.2 Å². The number of carbonyl (C=O) groups is 1. The molecule has 1 aromatic heterocycles. The third kappa shape index (κ3) is 3.71. The Morgan fingerprint density at radius 1 is 1.59 bits per heavy atom. The number of ether oxygens (including phenoxy) is 1. The standard InChI is InChI=1S/C11H18ClN3O2/c1-4-8-11(12)9(15(2)14-8)7-13-6-5-10(16)17-3/h13H,4-7H2,1-3H3. The first-order valence-corrected chi connectivity index (χ1v) is 5.95. The Balaban J connectivity index is 2.46. The molecule has 0 saturated heterocycles. The van der Waals surface area contributed by atoms with Gasteiger partial charge in [0, 0.05) is 20.1 Å². The lowest BCUT2D eigenvalue weighted by atomic mass is 10.3. The maximum Gasteiger partial charge on any atom is 0.306 e. The van der Waals surface area contributed by atoms with Gasteiger partial charge in [-0.05, 0) is 6.42 Å². The molecule has 96 valence electrons. The molecule has 0 aromatic carbocycles. The third-order valence-corrected chi connectivity index (χ3v) is 2.97. The lowest BCUT2D eigenvalue weighted by molar-refractivity contribution is -0.140. The molecule has 0 fully saturated rings. The van der Waals surface area contributed by atoms with Crippen LogP contribution in [-0.4, -0.2) is 29.4 Å². The average Bonchev–Trinajstić information content (AvgIpc) is 2.60. The zero-order valence-electron chi connectivity index (χ0n) is 10.4. The predicted molar refractivity (Wildman–Crippen MR) is 65.9 cm³/mol. The van der Waals surface area contributed by atoms with Crippen LogP contribution in [0.3, 0.4) is 0 Å². The van der Waals surface area contributed by atoms with E-state index in [-0.39, 0.29) is 5.97 Å². The number of hydrogen-bond donors (Lipinski definition) is 1. The minimum absolute atomic E-state index is 0.220. The maximum absolute atomic E-state index is 10.9. The van der Waals surface area contributed by atoms with Crippen molar-refractivity contribution in [2.45, 2.75) is 26.3 Å². The van der Waals surface area contributed by atoms with Crippen LogP contribution < -0.4 is 5.32 Å². The van der Waals surface area contributed by atoms with Gasteiger partial charge in [0.2, 0.25) is 0 Å². The summed E-state index contributed by atoms with van der Waals surface area (Å²) in [5, 5.41) is 8.16. The van der Waals surface area contributed by atoms with E-state index < -0.39 is 0 Å². The third-order valence-electron chi connectivity index (χ3n) is 2.53. The molecular weight excluding hydrogens is 242 g/mol. The first kappa shape index (κ1) is 14.0. The highest BCUT2D eigenvalue weighted by atomic mass is 35.5. The van der Waals surface area contributed by atoms with Crippen molar-refractivity contribution in [2.75, 3.05) is 13.7 Å². The highest BCUT2D eigenvalue weighted by molar-refractivity contribution is 6.31. The summed E-state index contributed by atoms with van der Waals surface area (Å²) < 4.78 is 6.32. The Kier molecular flexibility index (Phi) is 5.44. The molecule has 0 aliphatic rings. The molecule has 0 bridgehead atoms. The number of esters is 1. The summed E-state index contributed by atoms with van der Waals surface area (Å²) >= 11 is 6.18. The Morgan fingerprint density at radius 2 is 2.29 bits per heavy atom. The summed E-state index contributed by atoms with van der Waals surface area (Å²) in [5.41, 5.74) is 1.84. The average molecular weight is 260 g/mol. The molecular formula is C11H18ClN3O2. The monoisotopic (exact) mass is 259 g/mol. The first-order valence-electron chi connectivity index (χ1n) is 5.57. The highest BCUT2D eigenvalue weighted by Crippen LogP contribution is 2.20. The number of hydrogen-bond acceptors (Lipinski definition) is 4. The van der Waals surface area contributed by atoms with Crippen molar-refractivity contribution in [3.05, 3.63) is 16.4 Å². The second kappa shape index (κ2) is 6.61. The van der Waals surface area contributed by atoms with E-state index in [2.05, 4.69) is 15.2 Å². The van der Waals surface area contributed by atoms with Gasteiger partial charge < -0.3 is 10.1 Å². The molecule has 6 heteroatoms. The van der Waals surface area contributed by atoms with E-state index in [0.717, 1.165) is 17.8 Å². The van der Waals surface area contributed by atoms with Crippen molar-refractivity contribution < 1.29 is 9.53 Å². The van der Waals surface area contributed by atoms with E-state index in [0.29, 0.717) is 24.5 Å². The van der Waals surface area contributed by atoms with Gasteiger partial charge in [-0.25, -0.2) is 0 Å². The normalized spacial score (nSPS) is 10.6. The van der Waals surface area contributed by atoms with Gasteiger partial charge in [-0.15, -0.1) is 0 Å². The molecule has 0 unspecified atom stereocenters. The Labute approximate surface area is 106 Å². The van der Waals surface area contributed by atoms with Crippen LogP contribution in [0.15, 0.2) is 0 Å². The van der Waals surface area contributed by atoms with E-state index in [1.807, 2.05) is 14.0 Å². The van der Waals surface area contributed by atoms with Gasteiger partial charge in [0.15, 0.2) is 0 Å². The molecule has 1 aromatic rings. The Hall–Kier alpha value is -1.07. The van der Waals surface area contributed by atoms with Crippen molar-refractivity contribution in [3.63, 3.8) is 0 Å². The lowest BCUT2D eigenvalue weighted by Gasteiger charge is -2.05. The fraction of sp³-hybridized carbons (Fsp3) is 0.636. The highest BCUT2D eigenvalue weighted by Gasteiger charge is 2.12. The van der Waals surface area contributed by atoms with Crippen LogP contribution in [0.5, 0.6) is 0 Å². The maximum atomic E-state index is 10.9. The summed E-state index contributed by atoms with van der Waals surface area (Å²) in [5.74, 6) is -0.220. The van der Waals surface area contributed by atoms with Gasteiger partial charge in [0.1, 0.15) is 0 Å². The smallest absolute Gasteiger partial charge is 0.306 e. The van der Waals surface area contributed by atoms with E-state index in [1.165, 1.54) is 7.11 Å². The molecule has 17 heavy (non-hydrogen) atoms. The van der Waals surface area contributed by atoms with Gasteiger partial charge in [-0.3, -0.25) is 9.48 Å². The fourth-order valence-corrected chi connectivity index (χ4v) is 1.87. The van der Waals surface area contributed by atoms with Gasteiger partial charge in [0.05, 0.1) is 29.9 Å². The van der Waals surface area contributed by atoms with Crippen LogP contribution in [0.4, 0.5) is 0 Å². The quantitative estimate of drug-likeness (QED) is 0.618. The van der Waals surface area contributed by atoms with Gasteiger partial charge in [0.25, 0.3) is 0 Å². The molecule has 0 spiro atoms. The predicted octanol–water partition coefficient (Wildman–Crippen LogP) is 1.29. The Bertz CT molecular complexity index is 390. The molecule has 0 aliphatic heterocycles. The van der Waals surface area contributed by atoms with Gasteiger partial charge >= 0.3 is 5.97 Å². The number of nitrogens with zero attached hydrogens (tertiary/aromatic N) is 2. The van der Waals surface area contributed by atoms with E-state index in [4.69, 9.17) is 11.6 Å². The zero-order chi connectivity index (χ0) is 12.8. The van der Waals surface area contributed by atoms with Crippen LogP contribution in [0, 0.1) is 0 Å². The number of nitrogens with one attached hydrogen (secondary N) is 1. The fourth-order valence-electron chi connectivity index (χ4n) is 1.51. The SMILES string of the molecule is CCc1nn(C)c(CNCCC(=O)OC)c1Cl. The van der Waals surface area contributed by atoms with Crippen molar-refractivity contribution in [3.8, 4) is 0 Å². The van der Waals surface area contributed by atoms with Crippen LogP contribution in [0.25, 0.3) is 0 Å². The molecule has 0 amide bonds. The number of rotatable bonds is 6. The summed E-state index contributed by atoms with van der Waals surface area (Å²) in [7, 11) is 3.25. The van der Waals surface area contributed by atoms with E-state index in [1.54, 1.807) is 4.68 Å². The summed E-state index contributed by atoms with van der Waals surface area (Å²) in [6.07, 6.45) is 1.17. The number of halogens is 1. The van der Waals surface area contributed by atoms with Crippen molar-refractivity contribution >= 4 is 17.6 Å². The lowest BCUT2D eigenvalue weighted by Crippen LogP contribution is -2.20. The molecule has 0 atom stereocenters. The van der Waals surface area contributed by atoms with Crippen LogP contribution >= 0.6 is 11.6 Å². The van der Waals surface area contributed by atoms with Crippen molar-refractivity contribution in [2.24, 2.45) is 7.05 Å². The van der Waals surface area contributed by atoms with Gasteiger partial charge in [-0.1, -0.05) is 18.5 Å². The Morgan fingerprint density at radius 3 is 2.82 bits per heavy atom. The summed E-state index contributed by atoms with van der Waals surface area (Å²) in [6, 6.07) is 0. The zero-order valence-corrected chi connectivity index (χ0v) is 11.2. The van der Waals surface area contributed by atoms with Crippen LogP contribution in [0.2, 0.25) is 5.02 Å². The van der Waals surface area contributed by atoms with Crippen molar-refractivity contribution in [1.82, 2.24) is 15.1 Å². The number of aryl methyl sites for hydroxylation is 2. The van der Waals surface area contributed by atoms with E-state index >= 15 is 0 Å².